The molecule has 2 aliphatic heterocycles. The zero-order valence-electron chi connectivity index (χ0n) is 15.9. The molecule has 4 aliphatic rings. The lowest BCUT2D eigenvalue weighted by atomic mass is 9.89. The van der Waals surface area contributed by atoms with Gasteiger partial charge in [0.25, 0.3) is 0 Å². The van der Waals surface area contributed by atoms with Crippen molar-refractivity contribution in [2.24, 2.45) is 11.8 Å². The Morgan fingerprint density at radius 1 is 0.769 bits per heavy atom. The SMILES string of the molecule is O=C(OCCCCCCCOCC1CCC2OC2C1)C1CCC2OC2C1. The number of epoxide rings is 2. The summed E-state index contributed by atoms with van der Waals surface area (Å²) in [6.07, 6.45) is 14.2. The Morgan fingerprint density at radius 3 is 2.23 bits per heavy atom. The van der Waals surface area contributed by atoms with Gasteiger partial charge in [-0.2, -0.15) is 0 Å². The van der Waals surface area contributed by atoms with Gasteiger partial charge in [-0.05, 0) is 57.3 Å². The van der Waals surface area contributed by atoms with Crippen LogP contribution in [0.1, 0.15) is 70.6 Å². The van der Waals surface area contributed by atoms with Crippen LogP contribution in [-0.2, 0) is 23.7 Å². The highest BCUT2D eigenvalue weighted by molar-refractivity contribution is 5.72. The van der Waals surface area contributed by atoms with Crippen molar-refractivity contribution in [1.29, 1.82) is 0 Å². The maximum Gasteiger partial charge on any atom is 0.309 e. The summed E-state index contributed by atoms with van der Waals surface area (Å²) in [4.78, 5) is 12.0. The summed E-state index contributed by atoms with van der Waals surface area (Å²) in [6.45, 7) is 2.37. The molecular weight excluding hydrogens is 332 g/mol. The number of unbranched alkanes of at least 4 members (excludes halogenated alkanes) is 4. The molecule has 0 radical (unpaired) electrons. The van der Waals surface area contributed by atoms with Crippen LogP contribution in [0.3, 0.4) is 0 Å². The molecule has 4 rings (SSSR count). The van der Waals surface area contributed by atoms with Gasteiger partial charge in [0.1, 0.15) is 0 Å². The molecular formula is C21H34O5. The van der Waals surface area contributed by atoms with Gasteiger partial charge < -0.3 is 18.9 Å². The normalized spacial score (nSPS) is 37.5. The van der Waals surface area contributed by atoms with Crippen LogP contribution in [0.2, 0.25) is 0 Å². The van der Waals surface area contributed by atoms with Gasteiger partial charge in [0.05, 0.1) is 36.9 Å². The topological polar surface area (TPSA) is 60.6 Å². The number of ether oxygens (including phenoxy) is 4. The van der Waals surface area contributed by atoms with Crippen molar-refractivity contribution >= 4 is 5.97 Å². The van der Waals surface area contributed by atoms with Crippen molar-refractivity contribution in [3.05, 3.63) is 0 Å². The molecule has 2 saturated carbocycles. The van der Waals surface area contributed by atoms with E-state index in [1.54, 1.807) is 0 Å². The number of rotatable bonds is 11. The van der Waals surface area contributed by atoms with Gasteiger partial charge in [0, 0.05) is 13.2 Å². The summed E-state index contributed by atoms with van der Waals surface area (Å²) < 4.78 is 22.3. The molecule has 5 nitrogen and oxygen atoms in total. The standard InChI is InChI=1S/C21H34O5/c22-21(16-7-9-18-20(13-16)26-18)24-11-5-3-1-2-4-10-23-14-15-6-8-17-19(12-15)25-17/h15-20H,1-14H2. The molecule has 0 N–H and O–H groups in total. The van der Waals surface area contributed by atoms with E-state index in [-0.39, 0.29) is 11.9 Å². The molecule has 0 amide bonds. The highest BCUT2D eigenvalue weighted by atomic mass is 16.6. The number of carbonyl (C=O) groups excluding carboxylic acids is 1. The zero-order chi connectivity index (χ0) is 17.8. The smallest absolute Gasteiger partial charge is 0.309 e. The van der Waals surface area contributed by atoms with Crippen LogP contribution in [0.4, 0.5) is 0 Å². The second-order valence-corrected chi connectivity index (χ2v) is 8.63. The minimum Gasteiger partial charge on any atom is -0.465 e. The van der Waals surface area contributed by atoms with E-state index >= 15 is 0 Å². The quantitative estimate of drug-likeness (QED) is 0.317. The summed E-state index contributed by atoms with van der Waals surface area (Å²) in [5.74, 6) is 0.797. The molecule has 26 heavy (non-hydrogen) atoms. The summed E-state index contributed by atoms with van der Waals surface area (Å²) >= 11 is 0. The number of fused-ring (bicyclic) bond motifs is 2. The average Bonchev–Trinajstić information content (AvgIpc) is 3.56. The van der Waals surface area contributed by atoms with Crippen LogP contribution in [-0.4, -0.2) is 50.2 Å². The summed E-state index contributed by atoms with van der Waals surface area (Å²) in [5, 5.41) is 0. The molecule has 4 fully saturated rings. The van der Waals surface area contributed by atoms with Gasteiger partial charge in [-0.25, -0.2) is 0 Å². The van der Waals surface area contributed by atoms with E-state index < -0.39 is 0 Å². The Bertz CT molecular complexity index is 467. The molecule has 0 aromatic heterocycles. The minimum absolute atomic E-state index is 0.00187. The third-order valence-electron chi connectivity index (χ3n) is 6.48. The molecule has 5 heteroatoms. The molecule has 6 unspecified atom stereocenters. The zero-order valence-corrected chi connectivity index (χ0v) is 15.9. The van der Waals surface area contributed by atoms with Crippen molar-refractivity contribution in [2.75, 3.05) is 19.8 Å². The van der Waals surface area contributed by atoms with Gasteiger partial charge in [-0.15, -0.1) is 0 Å². The fraction of sp³-hybridized carbons (Fsp3) is 0.952. The first kappa shape index (κ1) is 18.7. The van der Waals surface area contributed by atoms with Gasteiger partial charge in [0.2, 0.25) is 0 Å². The van der Waals surface area contributed by atoms with Gasteiger partial charge in [-0.1, -0.05) is 19.3 Å². The van der Waals surface area contributed by atoms with Crippen LogP contribution in [0.5, 0.6) is 0 Å². The molecule has 0 aromatic rings. The van der Waals surface area contributed by atoms with E-state index in [0.29, 0.717) is 31.0 Å². The first-order chi connectivity index (χ1) is 12.8. The predicted molar refractivity (Wildman–Crippen MR) is 96.9 cm³/mol. The molecule has 148 valence electrons. The van der Waals surface area contributed by atoms with E-state index in [1.807, 2.05) is 0 Å². The first-order valence-corrected chi connectivity index (χ1v) is 10.8. The Labute approximate surface area is 157 Å². The second-order valence-electron chi connectivity index (χ2n) is 8.63. The minimum atomic E-state index is -0.00187. The Balaban J connectivity index is 0.921. The second kappa shape index (κ2) is 9.03. The van der Waals surface area contributed by atoms with Crippen LogP contribution in [0.25, 0.3) is 0 Å². The van der Waals surface area contributed by atoms with Crippen LogP contribution in [0.15, 0.2) is 0 Å². The largest absolute Gasteiger partial charge is 0.465 e. The highest BCUT2D eigenvalue weighted by Gasteiger charge is 2.46. The Kier molecular flexibility index (Phi) is 6.49. The maximum absolute atomic E-state index is 12.0. The lowest BCUT2D eigenvalue weighted by Gasteiger charge is -2.18. The maximum atomic E-state index is 12.0. The highest BCUT2D eigenvalue weighted by Crippen LogP contribution is 2.40. The van der Waals surface area contributed by atoms with Gasteiger partial charge in [-0.3, -0.25) is 4.79 Å². The van der Waals surface area contributed by atoms with E-state index in [4.69, 9.17) is 18.9 Å². The van der Waals surface area contributed by atoms with Crippen LogP contribution >= 0.6 is 0 Å². The molecule has 2 heterocycles. The number of hydrogen-bond donors (Lipinski definition) is 0. The van der Waals surface area contributed by atoms with Crippen molar-refractivity contribution in [3.63, 3.8) is 0 Å². The van der Waals surface area contributed by atoms with Crippen molar-refractivity contribution in [3.8, 4) is 0 Å². The molecule has 0 spiro atoms. The van der Waals surface area contributed by atoms with Crippen molar-refractivity contribution < 1.29 is 23.7 Å². The number of carbonyl (C=O) groups is 1. The number of esters is 1. The molecule has 0 aromatic carbocycles. The van der Waals surface area contributed by atoms with Crippen molar-refractivity contribution in [2.45, 2.75) is 95.0 Å². The van der Waals surface area contributed by atoms with Crippen LogP contribution < -0.4 is 0 Å². The third-order valence-corrected chi connectivity index (χ3v) is 6.48. The van der Waals surface area contributed by atoms with Gasteiger partial charge in [0.15, 0.2) is 0 Å². The predicted octanol–water partition coefficient (Wildman–Crippen LogP) is 3.63. The number of hydrogen-bond acceptors (Lipinski definition) is 5. The lowest BCUT2D eigenvalue weighted by Crippen LogP contribution is -2.24. The molecule has 2 saturated heterocycles. The summed E-state index contributed by atoms with van der Waals surface area (Å²) in [6, 6.07) is 0. The van der Waals surface area contributed by atoms with E-state index in [0.717, 1.165) is 57.7 Å². The summed E-state index contributed by atoms with van der Waals surface area (Å²) in [7, 11) is 0. The van der Waals surface area contributed by atoms with E-state index in [2.05, 4.69) is 0 Å². The van der Waals surface area contributed by atoms with E-state index in [9.17, 15) is 4.79 Å². The molecule has 2 aliphatic carbocycles. The molecule has 6 atom stereocenters. The Morgan fingerprint density at radius 2 is 1.46 bits per heavy atom. The first-order valence-electron chi connectivity index (χ1n) is 10.8. The lowest BCUT2D eigenvalue weighted by molar-refractivity contribution is -0.149. The van der Waals surface area contributed by atoms with Crippen LogP contribution in [0, 0.1) is 11.8 Å². The fourth-order valence-electron chi connectivity index (χ4n) is 4.63. The monoisotopic (exact) mass is 366 g/mol. The third kappa shape index (κ3) is 5.43. The fourth-order valence-corrected chi connectivity index (χ4v) is 4.63. The van der Waals surface area contributed by atoms with E-state index in [1.165, 1.54) is 32.1 Å². The Hall–Kier alpha value is -0.650. The summed E-state index contributed by atoms with van der Waals surface area (Å²) in [5.41, 5.74) is 0. The van der Waals surface area contributed by atoms with Crippen molar-refractivity contribution in [1.82, 2.24) is 0 Å². The molecule has 0 bridgehead atoms. The van der Waals surface area contributed by atoms with Gasteiger partial charge >= 0.3 is 5.97 Å². The average molecular weight is 366 g/mol.